The number of nitrogens with zero attached hydrogens (tertiary/aromatic N) is 1. The highest BCUT2D eigenvalue weighted by Crippen LogP contribution is 2.29. The molecule has 0 radical (unpaired) electrons. The zero-order valence-corrected chi connectivity index (χ0v) is 13.1. The van der Waals surface area contributed by atoms with Gasteiger partial charge in [-0.25, -0.2) is 0 Å². The third-order valence-corrected chi connectivity index (χ3v) is 4.97. The van der Waals surface area contributed by atoms with Crippen molar-refractivity contribution in [2.45, 2.75) is 19.8 Å². The average Bonchev–Trinajstić information content (AvgIpc) is 2.46. The second kappa shape index (κ2) is 6.55. The number of fused-ring (bicyclic) bond motifs is 1. The Bertz CT molecular complexity index is 628. The molecular weight excluding hydrogens is 292 g/mol. The van der Waals surface area contributed by atoms with E-state index in [0.29, 0.717) is 24.4 Å². The Labute approximate surface area is 125 Å². The highest BCUT2D eigenvalue weighted by Gasteiger charge is 2.27. The van der Waals surface area contributed by atoms with E-state index in [2.05, 4.69) is 4.72 Å². The zero-order valence-electron chi connectivity index (χ0n) is 12.3. The first kappa shape index (κ1) is 15.9. The van der Waals surface area contributed by atoms with Crippen molar-refractivity contribution < 1.29 is 17.9 Å². The van der Waals surface area contributed by atoms with Crippen LogP contribution < -0.4 is 9.03 Å². The molecule has 0 bridgehead atoms. The van der Waals surface area contributed by atoms with E-state index in [1.807, 2.05) is 0 Å². The van der Waals surface area contributed by atoms with Gasteiger partial charge in [-0.05, 0) is 43.5 Å². The van der Waals surface area contributed by atoms with Gasteiger partial charge in [0.25, 0.3) is 0 Å². The largest absolute Gasteiger partial charge is 0.383 e. The first-order valence-electron chi connectivity index (χ1n) is 6.86. The molecule has 0 aliphatic carbocycles. The van der Waals surface area contributed by atoms with Crippen LogP contribution >= 0.6 is 0 Å². The Hall–Kier alpha value is -1.44. The fourth-order valence-electron chi connectivity index (χ4n) is 2.38. The number of anilines is 1. The lowest BCUT2D eigenvalue weighted by atomic mass is 9.99. The quantitative estimate of drug-likeness (QED) is 0.631. The molecule has 2 rings (SSSR count). The Morgan fingerprint density at radius 1 is 1.43 bits per heavy atom. The number of hydrogen-bond donors (Lipinski definition) is 1. The van der Waals surface area contributed by atoms with Crippen molar-refractivity contribution >= 4 is 21.7 Å². The van der Waals surface area contributed by atoms with Gasteiger partial charge in [0, 0.05) is 25.8 Å². The molecule has 0 fully saturated rings. The van der Waals surface area contributed by atoms with Crippen LogP contribution in [-0.4, -0.2) is 41.0 Å². The molecule has 0 saturated heterocycles. The van der Waals surface area contributed by atoms with Crippen LogP contribution in [0.3, 0.4) is 0 Å². The van der Waals surface area contributed by atoms with Gasteiger partial charge in [0.05, 0.1) is 12.3 Å². The number of ether oxygens (including phenoxy) is 1. The van der Waals surface area contributed by atoms with Crippen LogP contribution in [0.15, 0.2) is 18.2 Å². The van der Waals surface area contributed by atoms with E-state index >= 15 is 0 Å². The topological polar surface area (TPSA) is 75.7 Å². The number of hydrogen-bond acceptors (Lipinski definition) is 4. The van der Waals surface area contributed by atoms with Crippen LogP contribution in [0.2, 0.25) is 0 Å². The van der Waals surface area contributed by atoms with Crippen molar-refractivity contribution in [3.05, 3.63) is 29.3 Å². The molecule has 1 N–H and O–H groups in total. The number of rotatable bonds is 6. The fourth-order valence-corrected chi connectivity index (χ4v) is 3.69. The highest BCUT2D eigenvalue weighted by molar-refractivity contribution is 7.90. The van der Waals surface area contributed by atoms with E-state index in [1.54, 1.807) is 18.2 Å². The number of nitrogens with one attached hydrogen (secondary N) is 1. The van der Waals surface area contributed by atoms with Gasteiger partial charge in [-0.2, -0.15) is 13.1 Å². The summed E-state index contributed by atoms with van der Waals surface area (Å²) in [5.74, 6) is -0.0176. The lowest BCUT2D eigenvalue weighted by Gasteiger charge is -2.30. The summed E-state index contributed by atoms with van der Waals surface area (Å²) in [6, 6.07) is 5.17. The van der Waals surface area contributed by atoms with Crippen LogP contribution in [0.5, 0.6) is 0 Å². The molecule has 6 nitrogen and oxygen atoms in total. The fraction of sp³-hybridized carbons (Fsp3) is 0.500. The number of Topliss-reactive ketones (excluding diaryl/α,β-unsaturated/α-hetero) is 1. The molecule has 21 heavy (non-hydrogen) atoms. The molecule has 0 saturated carbocycles. The molecule has 0 aromatic heterocycles. The van der Waals surface area contributed by atoms with Crippen molar-refractivity contribution in [2.75, 3.05) is 31.1 Å². The van der Waals surface area contributed by atoms with Crippen LogP contribution in [0.4, 0.5) is 5.69 Å². The molecule has 7 heteroatoms. The van der Waals surface area contributed by atoms with Crippen molar-refractivity contribution in [3.63, 3.8) is 0 Å². The molecule has 0 unspecified atom stereocenters. The predicted octanol–water partition coefficient (Wildman–Crippen LogP) is 1.12. The van der Waals surface area contributed by atoms with Crippen molar-refractivity contribution in [2.24, 2.45) is 0 Å². The van der Waals surface area contributed by atoms with Gasteiger partial charge in [-0.1, -0.05) is 0 Å². The number of carbonyl (C=O) groups excluding carboxylic acids is 1. The van der Waals surface area contributed by atoms with Gasteiger partial charge in [0.2, 0.25) is 0 Å². The summed E-state index contributed by atoms with van der Waals surface area (Å²) in [7, 11) is -2.06. The first-order chi connectivity index (χ1) is 9.95. The summed E-state index contributed by atoms with van der Waals surface area (Å²) in [5, 5.41) is 0. The van der Waals surface area contributed by atoms with E-state index in [9.17, 15) is 13.2 Å². The van der Waals surface area contributed by atoms with E-state index in [-0.39, 0.29) is 12.3 Å². The van der Waals surface area contributed by atoms with Crippen LogP contribution in [0, 0.1) is 0 Å². The van der Waals surface area contributed by atoms with E-state index in [0.717, 1.165) is 18.4 Å². The minimum absolute atomic E-state index is 0.0176. The predicted molar refractivity (Wildman–Crippen MR) is 80.9 cm³/mol. The zero-order chi connectivity index (χ0) is 15.5. The molecule has 0 spiro atoms. The SMILES string of the molecule is COCCNS(=O)(=O)N1CCCc2cc(C(C)=O)ccc21. The molecule has 0 atom stereocenters. The first-order valence-corrected chi connectivity index (χ1v) is 8.30. The minimum Gasteiger partial charge on any atom is -0.383 e. The van der Waals surface area contributed by atoms with Gasteiger partial charge in [0.15, 0.2) is 5.78 Å². The maximum atomic E-state index is 12.3. The summed E-state index contributed by atoms with van der Waals surface area (Å²) in [6.45, 7) is 2.50. The average molecular weight is 312 g/mol. The molecule has 0 amide bonds. The Kier molecular flexibility index (Phi) is 4.97. The second-order valence-corrected chi connectivity index (χ2v) is 6.65. The van der Waals surface area contributed by atoms with Gasteiger partial charge < -0.3 is 4.74 Å². The van der Waals surface area contributed by atoms with Crippen molar-refractivity contribution in [1.29, 1.82) is 0 Å². The highest BCUT2D eigenvalue weighted by atomic mass is 32.2. The van der Waals surface area contributed by atoms with Gasteiger partial charge >= 0.3 is 10.2 Å². The molecule has 1 aromatic carbocycles. The standard InChI is InChI=1S/C14H20N2O4S/c1-11(17)12-5-6-14-13(10-12)4-3-8-16(14)21(18,19)15-7-9-20-2/h5-6,10,15H,3-4,7-9H2,1-2H3. The normalized spacial score (nSPS) is 14.9. The summed E-state index contributed by atoms with van der Waals surface area (Å²) in [5.41, 5.74) is 2.16. The number of aryl methyl sites for hydroxylation is 1. The molecule has 1 aromatic rings. The maximum Gasteiger partial charge on any atom is 0.301 e. The van der Waals surface area contributed by atoms with Crippen LogP contribution in [-0.2, 0) is 21.4 Å². The Morgan fingerprint density at radius 2 is 2.19 bits per heavy atom. The number of benzene rings is 1. The van der Waals surface area contributed by atoms with E-state index in [1.165, 1.54) is 18.3 Å². The van der Waals surface area contributed by atoms with E-state index in [4.69, 9.17) is 4.74 Å². The Morgan fingerprint density at radius 3 is 2.86 bits per heavy atom. The summed E-state index contributed by atoms with van der Waals surface area (Å²) >= 11 is 0. The molecule has 1 aliphatic rings. The second-order valence-electron chi connectivity index (χ2n) is 4.97. The number of carbonyl (C=O) groups is 1. The van der Waals surface area contributed by atoms with Gasteiger partial charge in [0.1, 0.15) is 0 Å². The molecule has 1 heterocycles. The van der Waals surface area contributed by atoms with Gasteiger partial charge in [-0.3, -0.25) is 9.10 Å². The monoisotopic (exact) mass is 312 g/mol. The third kappa shape index (κ3) is 3.61. The van der Waals surface area contributed by atoms with Crippen molar-refractivity contribution in [3.8, 4) is 0 Å². The number of methoxy groups -OCH3 is 1. The smallest absolute Gasteiger partial charge is 0.301 e. The summed E-state index contributed by atoms with van der Waals surface area (Å²) in [4.78, 5) is 11.4. The van der Waals surface area contributed by atoms with Crippen LogP contribution in [0.1, 0.15) is 29.3 Å². The summed E-state index contributed by atoms with van der Waals surface area (Å²) in [6.07, 6.45) is 1.51. The van der Waals surface area contributed by atoms with Crippen LogP contribution in [0.25, 0.3) is 0 Å². The number of ketones is 1. The minimum atomic E-state index is -3.58. The third-order valence-electron chi connectivity index (χ3n) is 3.44. The maximum absolute atomic E-state index is 12.3. The molecule has 116 valence electrons. The Balaban J connectivity index is 2.27. The summed E-state index contributed by atoms with van der Waals surface area (Å²) < 4.78 is 33.4. The molecular formula is C14H20N2O4S. The lowest BCUT2D eigenvalue weighted by molar-refractivity contribution is 0.101. The van der Waals surface area contributed by atoms with Gasteiger partial charge in [-0.15, -0.1) is 0 Å². The van der Waals surface area contributed by atoms with Crippen molar-refractivity contribution in [1.82, 2.24) is 4.72 Å². The lowest BCUT2D eigenvalue weighted by Crippen LogP contribution is -2.44. The van der Waals surface area contributed by atoms with E-state index < -0.39 is 10.2 Å². The molecule has 1 aliphatic heterocycles.